The lowest BCUT2D eigenvalue weighted by atomic mass is 9.85. The topological polar surface area (TPSA) is 55.1 Å². The Labute approximate surface area is 92.1 Å². The molecule has 1 amide bonds. The highest BCUT2D eigenvalue weighted by molar-refractivity contribution is 5.76. The van der Waals surface area contributed by atoms with E-state index in [0.717, 1.165) is 45.1 Å². The van der Waals surface area contributed by atoms with Crippen LogP contribution >= 0.6 is 0 Å². The maximum atomic E-state index is 11.0. The Kier molecular flexibility index (Phi) is 5.40. The Bertz CT molecular complexity index is 208. The van der Waals surface area contributed by atoms with Gasteiger partial charge in [-0.25, -0.2) is 0 Å². The molecule has 0 spiro atoms. The maximum absolute atomic E-state index is 11.0. The van der Waals surface area contributed by atoms with Crippen molar-refractivity contribution in [2.24, 2.45) is 11.7 Å². The molecule has 3 N–H and O–H groups in total. The molecule has 1 rings (SSSR count). The van der Waals surface area contributed by atoms with Gasteiger partial charge in [-0.2, -0.15) is 0 Å². The lowest BCUT2D eigenvalue weighted by molar-refractivity contribution is -0.122. The number of rotatable bonds is 6. The molecule has 0 aliphatic heterocycles. The molecular weight excluding hydrogens is 188 g/mol. The Morgan fingerprint density at radius 2 is 2.07 bits per heavy atom. The van der Waals surface area contributed by atoms with Gasteiger partial charge in [0.1, 0.15) is 0 Å². The van der Waals surface area contributed by atoms with E-state index in [1.54, 1.807) is 0 Å². The fourth-order valence-electron chi connectivity index (χ4n) is 2.13. The SMILES string of the molecule is C=CCCCNC1CCC(C(N)=O)CC1. The van der Waals surface area contributed by atoms with E-state index in [-0.39, 0.29) is 11.8 Å². The zero-order valence-electron chi connectivity index (χ0n) is 9.37. The summed E-state index contributed by atoms with van der Waals surface area (Å²) in [6.07, 6.45) is 8.25. The molecular formula is C12H22N2O. The lowest BCUT2D eigenvalue weighted by Crippen LogP contribution is -2.37. The highest BCUT2D eigenvalue weighted by Gasteiger charge is 2.23. The van der Waals surface area contributed by atoms with Gasteiger partial charge >= 0.3 is 0 Å². The van der Waals surface area contributed by atoms with Gasteiger partial charge in [0.2, 0.25) is 5.91 Å². The summed E-state index contributed by atoms with van der Waals surface area (Å²) in [7, 11) is 0. The van der Waals surface area contributed by atoms with Crippen LogP contribution in [0.3, 0.4) is 0 Å². The number of carbonyl (C=O) groups excluding carboxylic acids is 1. The molecule has 0 radical (unpaired) electrons. The molecule has 15 heavy (non-hydrogen) atoms. The Morgan fingerprint density at radius 3 is 2.60 bits per heavy atom. The van der Waals surface area contributed by atoms with Gasteiger partial charge in [-0.3, -0.25) is 4.79 Å². The third-order valence-corrected chi connectivity index (χ3v) is 3.15. The molecule has 0 aromatic rings. The number of unbranched alkanes of at least 4 members (excludes halogenated alkanes) is 1. The number of nitrogens with two attached hydrogens (primary N) is 1. The average molecular weight is 210 g/mol. The van der Waals surface area contributed by atoms with Crippen LogP contribution in [0.25, 0.3) is 0 Å². The van der Waals surface area contributed by atoms with Crippen molar-refractivity contribution in [3.05, 3.63) is 12.7 Å². The van der Waals surface area contributed by atoms with Crippen LogP contribution in [0.4, 0.5) is 0 Å². The van der Waals surface area contributed by atoms with Gasteiger partial charge in [-0.05, 0) is 45.1 Å². The first-order valence-corrected chi connectivity index (χ1v) is 5.87. The number of amides is 1. The monoisotopic (exact) mass is 210 g/mol. The number of hydrogen-bond donors (Lipinski definition) is 2. The number of hydrogen-bond acceptors (Lipinski definition) is 2. The molecule has 3 heteroatoms. The van der Waals surface area contributed by atoms with Crippen molar-refractivity contribution in [3.63, 3.8) is 0 Å². The van der Waals surface area contributed by atoms with Gasteiger partial charge < -0.3 is 11.1 Å². The molecule has 86 valence electrons. The molecule has 0 bridgehead atoms. The molecule has 1 aliphatic rings. The molecule has 1 saturated carbocycles. The average Bonchev–Trinajstić information content (AvgIpc) is 2.25. The Morgan fingerprint density at radius 1 is 1.40 bits per heavy atom. The predicted octanol–water partition coefficient (Wildman–Crippen LogP) is 1.59. The van der Waals surface area contributed by atoms with E-state index in [1.165, 1.54) is 0 Å². The minimum absolute atomic E-state index is 0.122. The van der Waals surface area contributed by atoms with Crippen molar-refractivity contribution in [2.45, 2.75) is 44.6 Å². The summed E-state index contributed by atoms with van der Waals surface area (Å²) in [5, 5.41) is 3.52. The third kappa shape index (κ3) is 4.47. The van der Waals surface area contributed by atoms with E-state index < -0.39 is 0 Å². The van der Waals surface area contributed by atoms with Crippen LogP contribution in [0.5, 0.6) is 0 Å². The predicted molar refractivity (Wildman–Crippen MR) is 62.4 cm³/mol. The smallest absolute Gasteiger partial charge is 0.220 e. The van der Waals surface area contributed by atoms with E-state index in [4.69, 9.17) is 5.73 Å². The van der Waals surface area contributed by atoms with Crippen LogP contribution in [0.15, 0.2) is 12.7 Å². The van der Waals surface area contributed by atoms with Crippen molar-refractivity contribution in [1.29, 1.82) is 0 Å². The van der Waals surface area contributed by atoms with Crippen molar-refractivity contribution >= 4 is 5.91 Å². The van der Waals surface area contributed by atoms with E-state index in [9.17, 15) is 4.79 Å². The second-order valence-corrected chi connectivity index (χ2v) is 4.34. The minimum atomic E-state index is -0.125. The number of carbonyl (C=O) groups is 1. The van der Waals surface area contributed by atoms with Crippen LogP contribution in [0.1, 0.15) is 38.5 Å². The van der Waals surface area contributed by atoms with Gasteiger partial charge in [0.15, 0.2) is 0 Å². The van der Waals surface area contributed by atoms with Crippen LogP contribution in [-0.4, -0.2) is 18.5 Å². The number of allylic oxidation sites excluding steroid dienone is 1. The van der Waals surface area contributed by atoms with E-state index in [2.05, 4.69) is 11.9 Å². The quantitative estimate of drug-likeness (QED) is 0.516. The molecule has 0 aromatic carbocycles. The summed E-state index contributed by atoms with van der Waals surface area (Å²) in [4.78, 5) is 11.0. The van der Waals surface area contributed by atoms with E-state index in [0.29, 0.717) is 6.04 Å². The first-order chi connectivity index (χ1) is 7.24. The summed E-state index contributed by atoms with van der Waals surface area (Å²) < 4.78 is 0. The summed E-state index contributed by atoms with van der Waals surface area (Å²) in [5.74, 6) is -0.00340. The van der Waals surface area contributed by atoms with Gasteiger partial charge in [0, 0.05) is 12.0 Å². The Balaban J connectivity index is 2.09. The summed E-state index contributed by atoms with van der Waals surface area (Å²) >= 11 is 0. The molecule has 0 atom stereocenters. The number of nitrogens with one attached hydrogen (secondary N) is 1. The molecule has 0 unspecified atom stereocenters. The maximum Gasteiger partial charge on any atom is 0.220 e. The molecule has 1 aliphatic carbocycles. The van der Waals surface area contributed by atoms with Crippen LogP contribution in [0, 0.1) is 5.92 Å². The van der Waals surface area contributed by atoms with Crippen molar-refractivity contribution < 1.29 is 4.79 Å². The summed E-state index contributed by atoms with van der Waals surface area (Å²) in [6, 6.07) is 0.588. The zero-order valence-corrected chi connectivity index (χ0v) is 9.37. The second kappa shape index (κ2) is 6.62. The largest absolute Gasteiger partial charge is 0.369 e. The first-order valence-electron chi connectivity index (χ1n) is 5.87. The van der Waals surface area contributed by atoms with Crippen LogP contribution in [-0.2, 0) is 4.79 Å². The fraction of sp³-hybridized carbons (Fsp3) is 0.750. The zero-order chi connectivity index (χ0) is 11.1. The molecule has 0 saturated heterocycles. The first kappa shape index (κ1) is 12.2. The van der Waals surface area contributed by atoms with E-state index in [1.807, 2.05) is 6.08 Å². The minimum Gasteiger partial charge on any atom is -0.369 e. The van der Waals surface area contributed by atoms with Crippen molar-refractivity contribution in [1.82, 2.24) is 5.32 Å². The molecule has 3 nitrogen and oxygen atoms in total. The number of primary amides is 1. The summed E-state index contributed by atoms with van der Waals surface area (Å²) in [6.45, 7) is 4.75. The third-order valence-electron chi connectivity index (χ3n) is 3.15. The normalized spacial score (nSPS) is 26.1. The van der Waals surface area contributed by atoms with Gasteiger partial charge in [0.05, 0.1) is 0 Å². The van der Waals surface area contributed by atoms with Crippen molar-refractivity contribution in [3.8, 4) is 0 Å². The molecule has 0 heterocycles. The molecule has 0 aromatic heterocycles. The van der Waals surface area contributed by atoms with Gasteiger partial charge in [-0.15, -0.1) is 6.58 Å². The van der Waals surface area contributed by atoms with Gasteiger partial charge in [0.25, 0.3) is 0 Å². The fourth-order valence-corrected chi connectivity index (χ4v) is 2.13. The standard InChI is InChI=1S/C12H22N2O/c1-2-3-4-9-14-11-7-5-10(6-8-11)12(13)15/h2,10-11,14H,1,3-9H2,(H2,13,15). The highest BCUT2D eigenvalue weighted by atomic mass is 16.1. The second-order valence-electron chi connectivity index (χ2n) is 4.34. The van der Waals surface area contributed by atoms with Crippen molar-refractivity contribution in [2.75, 3.05) is 6.54 Å². The molecule has 1 fully saturated rings. The Hall–Kier alpha value is -0.830. The summed E-state index contributed by atoms with van der Waals surface area (Å²) in [5.41, 5.74) is 5.28. The van der Waals surface area contributed by atoms with Crippen LogP contribution < -0.4 is 11.1 Å². The lowest BCUT2D eigenvalue weighted by Gasteiger charge is -2.27. The van der Waals surface area contributed by atoms with E-state index >= 15 is 0 Å². The van der Waals surface area contributed by atoms with Gasteiger partial charge in [-0.1, -0.05) is 6.08 Å². The highest BCUT2D eigenvalue weighted by Crippen LogP contribution is 2.23. The van der Waals surface area contributed by atoms with Crippen LogP contribution in [0.2, 0.25) is 0 Å².